The first-order valence-corrected chi connectivity index (χ1v) is 5.89. The van der Waals surface area contributed by atoms with Crippen LogP contribution in [-0.4, -0.2) is 15.9 Å². The van der Waals surface area contributed by atoms with Gasteiger partial charge in [0.25, 0.3) is 0 Å². The van der Waals surface area contributed by atoms with E-state index in [-0.39, 0.29) is 17.0 Å². The Morgan fingerprint density at radius 1 is 1.36 bits per heavy atom. The first kappa shape index (κ1) is 10.5. The molecule has 2 rings (SSSR count). The van der Waals surface area contributed by atoms with E-state index in [9.17, 15) is 4.79 Å². The maximum Gasteiger partial charge on any atom is 0.323 e. The number of rotatable bonds is 0. The molecule has 0 unspecified atom stereocenters. The minimum atomic E-state index is -0.417. The Bertz CT molecular complexity index is 296. The first-order valence-electron chi connectivity index (χ1n) is 5.10. The van der Waals surface area contributed by atoms with Gasteiger partial charge in [-0.25, -0.2) is 0 Å². The van der Waals surface area contributed by atoms with Gasteiger partial charge in [0.1, 0.15) is 9.93 Å². The number of hydrogen-bond acceptors (Lipinski definition) is 2. The minimum absolute atomic E-state index is 0.0712. The van der Waals surface area contributed by atoms with E-state index in [1.54, 1.807) is 0 Å². The fourth-order valence-electron chi connectivity index (χ4n) is 3.01. The van der Waals surface area contributed by atoms with E-state index in [0.29, 0.717) is 5.92 Å². The van der Waals surface area contributed by atoms with Crippen molar-refractivity contribution in [2.75, 3.05) is 0 Å². The molecule has 0 spiro atoms. The largest absolute Gasteiger partial charge is 0.458 e. The molecule has 2 aliphatic rings. The van der Waals surface area contributed by atoms with Crippen LogP contribution < -0.4 is 0 Å². The summed E-state index contributed by atoms with van der Waals surface area (Å²) in [5, 5.41) is 0. The molecule has 0 aromatic rings. The molecule has 1 saturated carbocycles. The van der Waals surface area contributed by atoms with Crippen molar-refractivity contribution in [2.24, 2.45) is 11.3 Å². The molecule has 0 amide bonds. The van der Waals surface area contributed by atoms with E-state index in [1.807, 2.05) is 13.8 Å². The zero-order valence-electron chi connectivity index (χ0n) is 9.19. The second kappa shape index (κ2) is 2.55. The molecule has 1 saturated heterocycles. The van der Waals surface area contributed by atoms with Crippen molar-refractivity contribution in [3.05, 3.63) is 0 Å². The highest BCUT2D eigenvalue weighted by atomic mass is 79.9. The maximum absolute atomic E-state index is 11.8. The van der Waals surface area contributed by atoms with Crippen LogP contribution in [0.3, 0.4) is 0 Å². The van der Waals surface area contributed by atoms with Crippen LogP contribution in [0, 0.1) is 11.3 Å². The van der Waals surface area contributed by atoms with Gasteiger partial charge in [-0.3, -0.25) is 4.79 Å². The zero-order chi connectivity index (χ0) is 10.8. The lowest BCUT2D eigenvalue weighted by molar-refractivity contribution is -0.149. The number of carbonyl (C=O) groups is 1. The summed E-state index contributed by atoms with van der Waals surface area (Å²) in [6, 6.07) is 0. The van der Waals surface area contributed by atoms with Gasteiger partial charge >= 0.3 is 5.97 Å². The maximum atomic E-state index is 11.8. The molecule has 14 heavy (non-hydrogen) atoms. The van der Waals surface area contributed by atoms with Gasteiger partial charge in [-0.2, -0.15) is 0 Å². The second-order valence-electron chi connectivity index (χ2n) is 5.95. The summed E-state index contributed by atoms with van der Waals surface area (Å²) in [6.07, 6.45) is 1.93. The average molecular weight is 261 g/mol. The number of carbonyl (C=O) groups excluding carboxylic acids is 1. The number of halogens is 1. The molecule has 2 atom stereocenters. The van der Waals surface area contributed by atoms with Crippen molar-refractivity contribution in [1.29, 1.82) is 0 Å². The Morgan fingerprint density at radius 3 is 2.43 bits per heavy atom. The molecular weight excluding hydrogens is 244 g/mol. The van der Waals surface area contributed by atoms with Crippen molar-refractivity contribution in [3.63, 3.8) is 0 Å². The van der Waals surface area contributed by atoms with E-state index in [2.05, 4.69) is 29.8 Å². The fraction of sp³-hybridized carbons (Fsp3) is 0.909. The third kappa shape index (κ3) is 1.24. The highest BCUT2D eigenvalue weighted by molar-refractivity contribution is 9.10. The van der Waals surface area contributed by atoms with E-state index >= 15 is 0 Å². The van der Waals surface area contributed by atoms with Crippen molar-refractivity contribution in [1.82, 2.24) is 0 Å². The quantitative estimate of drug-likeness (QED) is 0.495. The molecule has 1 heterocycles. The van der Waals surface area contributed by atoms with Gasteiger partial charge in [-0.15, -0.1) is 0 Å². The summed E-state index contributed by atoms with van der Waals surface area (Å²) in [6.45, 7) is 8.47. The Hall–Kier alpha value is -0.0500. The van der Waals surface area contributed by atoms with Gasteiger partial charge in [0.05, 0.1) is 0 Å². The van der Waals surface area contributed by atoms with Crippen LogP contribution in [0.5, 0.6) is 0 Å². The Morgan fingerprint density at radius 2 is 1.93 bits per heavy atom. The lowest BCUT2D eigenvalue weighted by Gasteiger charge is -2.26. The van der Waals surface area contributed by atoms with Crippen LogP contribution in [-0.2, 0) is 9.53 Å². The van der Waals surface area contributed by atoms with Gasteiger partial charge in [-0.05, 0) is 32.1 Å². The Labute approximate surface area is 93.5 Å². The molecule has 1 aliphatic carbocycles. The molecule has 0 bridgehead atoms. The van der Waals surface area contributed by atoms with Gasteiger partial charge in [0.2, 0.25) is 0 Å². The number of alkyl halides is 1. The number of esters is 1. The number of fused-ring (bicyclic) bond motifs is 1. The third-order valence-electron chi connectivity index (χ3n) is 3.58. The predicted molar refractivity (Wildman–Crippen MR) is 58.3 cm³/mol. The molecular formula is C11H17BrO2. The molecule has 0 aromatic heterocycles. The van der Waals surface area contributed by atoms with Crippen molar-refractivity contribution in [3.8, 4) is 0 Å². The summed E-state index contributed by atoms with van der Waals surface area (Å²) in [7, 11) is 0. The van der Waals surface area contributed by atoms with Gasteiger partial charge < -0.3 is 4.74 Å². The SMILES string of the molecule is CC1(C)C[C@H]2C(C)(C)OC(=O)[C@@]2(Br)C1. The van der Waals surface area contributed by atoms with Gasteiger partial charge in [-0.1, -0.05) is 29.8 Å². The summed E-state index contributed by atoms with van der Waals surface area (Å²) in [4.78, 5) is 11.8. The molecule has 80 valence electrons. The Kier molecular flexibility index (Phi) is 1.90. The summed E-state index contributed by atoms with van der Waals surface area (Å²) < 4.78 is 5.01. The van der Waals surface area contributed by atoms with Gasteiger partial charge in [0.15, 0.2) is 0 Å². The second-order valence-corrected chi connectivity index (χ2v) is 7.37. The van der Waals surface area contributed by atoms with Crippen molar-refractivity contribution in [2.45, 2.75) is 50.5 Å². The van der Waals surface area contributed by atoms with E-state index in [4.69, 9.17) is 4.74 Å². The first-order chi connectivity index (χ1) is 6.17. The predicted octanol–water partition coefficient (Wildman–Crippen LogP) is 2.89. The van der Waals surface area contributed by atoms with Crippen LogP contribution in [0.1, 0.15) is 40.5 Å². The molecule has 0 N–H and O–H groups in total. The van der Waals surface area contributed by atoms with Crippen LogP contribution in [0.15, 0.2) is 0 Å². The van der Waals surface area contributed by atoms with Crippen molar-refractivity contribution >= 4 is 21.9 Å². The smallest absolute Gasteiger partial charge is 0.323 e. The molecule has 2 fully saturated rings. The fourth-order valence-corrected chi connectivity index (χ4v) is 4.57. The molecule has 0 aromatic carbocycles. The third-order valence-corrected chi connectivity index (χ3v) is 4.74. The number of cyclic esters (lactones) is 1. The number of ether oxygens (including phenoxy) is 1. The average Bonchev–Trinajstić information content (AvgIpc) is 2.28. The molecule has 3 heteroatoms. The highest BCUT2D eigenvalue weighted by Crippen LogP contribution is 2.60. The normalized spacial score (nSPS) is 43.5. The molecule has 0 radical (unpaired) electrons. The molecule has 2 nitrogen and oxygen atoms in total. The zero-order valence-corrected chi connectivity index (χ0v) is 10.8. The molecule has 1 aliphatic heterocycles. The van der Waals surface area contributed by atoms with E-state index in [0.717, 1.165) is 12.8 Å². The van der Waals surface area contributed by atoms with Crippen LogP contribution >= 0.6 is 15.9 Å². The lowest BCUT2D eigenvalue weighted by atomic mass is 9.84. The van der Waals surface area contributed by atoms with Gasteiger partial charge in [0, 0.05) is 5.92 Å². The van der Waals surface area contributed by atoms with Crippen molar-refractivity contribution < 1.29 is 9.53 Å². The highest BCUT2D eigenvalue weighted by Gasteiger charge is 2.65. The van der Waals surface area contributed by atoms with Crippen LogP contribution in [0.2, 0.25) is 0 Å². The van der Waals surface area contributed by atoms with E-state index in [1.165, 1.54) is 0 Å². The van der Waals surface area contributed by atoms with Crippen LogP contribution in [0.25, 0.3) is 0 Å². The summed E-state index contributed by atoms with van der Waals surface area (Å²) in [5.74, 6) is 0.232. The Balaban J connectivity index is 2.41. The summed E-state index contributed by atoms with van der Waals surface area (Å²) >= 11 is 3.61. The van der Waals surface area contributed by atoms with E-state index < -0.39 is 4.32 Å². The summed E-state index contributed by atoms with van der Waals surface area (Å²) in [5.41, 5.74) is -0.0702. The monoisotopic (exact) mass is 260 g/mol. The van der Waals surface area contributed by atoms with Crippen LogP contribution in [0.4, 0.5) is 0 Å². The minimum Gasteiger partial charge on any atom is -0.458 e. The topological polar surface area (TPSA) is 26.3 Å². The number of hydrogen-bond donors (Lipinski definition) is 0. The standard InChI is InChI=1S/C11H17BrO2/c1-9(2)5-7-10(3,4)14-8(13)11(7,12)6-9/h7H,5-6H2,1-4H3/t7-,11+/m0/s1. The lowest BCUT2D eigenvalue weighted by Crippen LogP contribution is -2.33.